The highest BCUT2D eigenvalue weighted by atomic mass is 32.1. The fraction of sp³-hybridized carbons (Fsp3) is 0.100. The summed E-state index contributed by atoms with van der Waals surface area (Å²) in [6.45, 7) is -0.808. The second kappa shape index (κ2) is 5.82. The van der Waals surface area contributed by atoms with Gasteiger partial charge in [0.25, 0.3) is 0 Å². The molecule has 0 spiro atoms. The Labute approximate surface area is 114 Å². The number of carbonyl (C=O) groups is 2. The van der Waals surface area contributed by atoms with Crippen LogP contribution in [0.1, 0.15) is 20.7 Å². The van der Waals surface area contributed by atoms with Crippen molar-refractivity contribution in [1.82, 2.24) is 5.32 Å². The Morgan fingerprint density at radius 1 is 1.05 bits per heavy atom. The molecule has 0 saturated heterocycles. The summed E-state index contributed by atoms with van der Waals surface area (Å²) in [6.07, 6.45) is 0. The standard InChI is InChI=1S/C10H6F4N2O3S/c11-5-3(2(17)1-16-10(15)20)4(9(18)19)6(12)8(14)7(5)13/h1H2,(H,18,19)(H3,15,16,20). The molecule has 1 rings (SSSR count). The van der Waals surface area contributed by atoms with E-state index in [1.54, 1.807) is 0 Å². The van der Waals surface area contributed by atoms with Crippen molar-refractivity contribution in [3.8, 4) is 0 Å². The van der Waals surface area contributed by atoms with Gasteiger partial charge in [0.2, 0.25) is 0 Å². The molecule has 20 heavy (non-hydrogen) atoms. The number of thiocarbonyl (C=S) groups is 1. The van der Waals surface area contributed by atoms with Gasteiger partial charge >= 0.3 is 5.97 Å². The van der Waals surface area contributed by atoms with Crippen molar-refractivity contribution in [3.63, 3.8) is 0 Å². The SMILES string of the molecule is NC(=S)NCC(=O)c1c(F)c(F)c(F)c(F)c1C(=O)O. The van der Waals surface area contributed by atoms with Crippen molar-refractivity contribution in [3.05, 3.63) is 34.4 Å². The molecule has 1 aromatic carbocycles. The Morgan fingerprint density at radius 2 is 1.50 bits per heavy atom. The van der Waals surface area contributed by atoms with Crippen molar-refractivity contribution >= 4 is 29.1 Å². The van der Waals surface area contributed by atoms with Crippen LogP contribution in [0, 0.1) is 23.3 Å². The average Bonchev–Trinajstić information content (AvgIpc) is 2.36. The first kappa shape index (κ1) is 15.8. The molecule has 0 atom stereocenters. The molecule has 0 aliphatic carbocycles. The van der Waals surface area contributed by atoms with Crippen LogP contribution in [0.4, 0.5) is 17.6 Å². The van der Waals surface area contributed by atoms with Crippen LogP contribution >= 0.6 is 12.2 Å². The number of carbonyl (C=O) groups excluding carboxylic acids is 1. The number of nitrogens with one attached hydrogen (secondary N) is 1. The van der Waals surface area contributed by atoms with E-state index in [1.165, 1.54) is 0 Å². The largest absolute Gasteiger partial charge is 0.478 e. The van der Waals surface area contributed by atoms with Crippen LogP contribution < -0.4 is 11.1 Å². The monoisotopic (exact) mass is 310 g/mol. The number of hydrogen-bond acceptors (Lipinski definition) is 3. The number of Topliss-reactive ketones (excluding diaryl/α,β-unsaturated/α-hetero) is 1. The third-order valence-electron chi connectivity index (χ3n) is 2.18. The van der Waals surface area contributed by atoms with E-state index in [9.17, 15) is 27.2 Å². The molecule has 0 aromatic heterocycles. The third kappa shape index (κ3) is 2.85. The van der Waals surface area contributed by atoms with Gasteiger partial charge in [0, 0.05) is 0 Å². The molecular weight excluding hydrogens is 304 g/mol. The van der Waals surface area contributed by atoms with Crippen LogP contribution in [0.25, 0.3) is 0 Å². The van der Waals surface area contributed by atoms with E-state index < -0.39 is 52.7 Å². The quantitative estimate of drug-likeness (QED) is 0.252. The highest BCUT2D eigenvalue weighted by Crippen LogP contribution is 2.24. The Balaban J connectivity index is 3.48. The number of ketones is 1. The zero-order valence-electron chi connectivity index (χ0n) is 9.47. The Morgan fingerprint density at radius 3 is 1.90 bits per heavy atom. The van der Waals surface area contributed by atoms with Gasteiger partial charge in [-0.1, -0.05) is 0 Å². The minimum Gasteiger partial charge on any atom is -0.478 e. The number of carboxylic acid groups (broad SMARTS) is 1. The maximum absolute atomic E-state index is 13.5. The molecule has 5 nitrogen and oxygen atoms in total. The number of halogens is 4. The van der Waals surface area contributed by atoms with E-state index in [0.717, 1.165) is 0 Å². The molecule has 0 saturated carbocycles. The maximum Gasteiger partial charge on any atom is 0.339 e. The summed E-state index contributed by atoms with van der Waals surface area (Å²) in [4.78, 5) is 22.4. The normalized spacial score (nSPS) is 10.2. The third-order valence-corrected chi connectivity index (χ3v) is 2.33. The first-order chi connectivity index (χ1) is 9.18. The summed E-state index contributed by atoms with van der Waals surface area (Å²) in [5.41, 5.74) is 1.95. The molecule has 0 aliphatic rings. The molecule has 0 aliphatic heterocycles. The minimum atomic E-state index is -2.32. The van der Waals surface area contributed by atoms with E-state index in [-0.39, 0.29) is 5.11 Å². The van der Waals surface area contributed by atoms with Crippen molar-refractivity contribution < 1.29 is 32.3 Å². The molecule has 1 aromatic rings. The lowest BCUT2D eigenvalue weighted by Crippen LogP contribution is -2.35. The van der Waals surface area contributed by atoms with Crippen LogP contribution in [0.5, 0.6) is 0 Å². The van der Waals surface area contributed by atoms with Gasteiger partial charge in [-0.2, -0.15) is 0 Å². The lowest BCUT2D eigenvalue weighted by atomic mass is 10.0. The summed E-state index contributed by atoms with van der Waals surface area (Å²) in [7, 11) is 0. The average molecular weight is 310 g/mol. The molecule has 4 N–H and O–H groups in total. The molecule has 0 heterocycles. The number of carboxylic acids is 1. The van der Waals surface area contributed by atoms with Gasteiger partial charge in [0.15, 0.2) is 34.2 Å². The minimum absolute atomic E-state index is 0.376. The predicted molar refractivity (Wildman–Crippen MR) is 62.4 cm³/mol. The molecule has 0 unspecified atom stereocenters. The van der Waals surface area contributed by atoms with Gasteiger partial charge in [0.1, 0.15) is 5.56 Å². The van der Waals surface area contributed by atoms with Gasteiger partial charge < -0.3 is 16.2 Å². The summed E-state index contributed by atoms with van der Waals surface area (Å²) in [6, 6.07) is 0. The van der Waals surface area contributed by atoms with E-state index in [4.69, 9.17) is 10.8 Å². The van der Waals surface area contributed by atoms with Crippen LogP contribution in [0.15, 0.2) is 0 Å². The van der Waals surface area contributed by atoms with Gasteiger partial charge in [-0.3, -0.25) is 4.79 Å². The molecule has 0 amide bonds. The number of nitrogens with two attached hydrogens (primary N) is 1. The fourth-order valence-corrected chi connectivity index (χ4v) is 1.42. The second-order valence-corrected chi connectivity index (χ2v) is 3.89. The molecule has 108 valence electrons. The maximum atomic E-state index is 13.5. The number of aromatic carboxylic acids is 1. The zero-order valence-corrected chi connectivity index (χ0v) is 10.3. The first-order valence-electron chi connectivity index (χ1n) is 4.84. The summed E-state index contributed by atoms with van der Waals surface area (Å²) in [5, 5.41) is 10.4. The van der Waals surface area contributed by atoms with Crippen molar-refractivity contribution in [1.29, 1.82) is 0 Å². The Hall–Kier alpha value is -2.23. The molecule has 0 fully saturated rings. The van der Waals surface area contributed by atoms with Gasteiger partial charge in [0.05, 0.1) is 12.1 Å². The van der Waals surface area contributed by atoms with E-state index in [0.29, 0.717) is 0 Å². The van der Waals surface area contributed by atoms with Gasteiger partial charge in [-0.25, -0.2) is 22.4 Å². The highest BCUT2D eigenvalue weighted by molar-refractivity contribution is 7.80. The van der Waals surface area contributed by atoms with Crippen molar-refractivity contribution in [2.24, 2.45) is 5.73 Å². The van der Waals surface area contributed by atoms with E-state index in [1.807, 2.05) is 0 Å². The number of benzene rings is 1. The summed E-state index contributed by atoms with van der Waals surface area (Å²) in [5.74, 6) is -12.4. The van der Waals surface area contributed by atoms with E-state index >= 15 is 0 Å². The lowest BCUT2D eigenvalue weighted by molar-refractivity contribution is 0.0683. The molecule has 0 radical (unpaired) electrons. The molecular formula is C10H6F4N2O3S. The van der Waals surface area contributed by atoms with Crippen LogP contribution in [0.2, 0.25) is 0 Å². The Bertz CT molecular complexity index is 621. The van der Waals surface area contributed by atoms with Crippen molar-refractivity contribution in [2.75, 3.05) is 6.54 Å². The fourth-order valence-electron chi connectivity index (χ4n) is 1.35. The topological polar surface area (TPSA) is 92.4 Å². The molecule has 0 bridgehead atoms. The summed E-state index contributed by atoms with van der Waals surface area (Å²) >= 11 is 4.35. The van der Waals surface area contributed by atoms with Gasteiger partial charge in [-0.05, 0) is 12.2 Å². The van der Waals surface area contributed by atoms with Crippen LogP contribution in [-0.4, -0.2) is 28.5 Å². The number of rotatable bonds is 4. The summed E-state index contributed by atoms with van der Waals surface area (Å²) < 4.78 is 52.8. The zero-order chi connectivity index (χ0) is 15.6. The predicted octanol–water partition coefficient (Wildman–Crippen LogP) is 0.957. The van der Waals surface area contributed by atoms with Crippen LogP contribution in [-0.2, 0) is 0 Å². The van der Waals surface area contributed by atoms with Crippen LogP contribution in [0.3, 0.4) is 0 Å². The smallest absolute Gasteiger partial charge is 0.339 e. The van der Waals surface area contributed by atoms with Gasteiger partial charge in [-0.15, -0.1) is 0 Å². The van der Waals surface area contributed by atoms with E-state index in [2.05, 4.69) is 17.5 Å². The second-order valence-electron chi connectivity index (χ2n) is 3.45. The highest BCUT2D eigenvalue weighted by Gasteiger charge is 2.32. The first-order valence-corrected chi connectivity index (χ1v) is 5.25. The molecule has 10 heteroatoms. The lowest BCUT2D eigenvalue weighted by Gasteiger charge is -2.10. The number of hydrogen-bond donors (Lipinski definition) is 3. The van der Waals surface area contributed by atoms with Crippen molar-refractivity contribution in [2.45, 2.75) is 0 Å². The Kier molecular flexibility index (Phi) is 4.61.